The zero-order valence-electron chi connectivity index (χ0n) is 6.74. The number of carbonyl (C=O) groups is 1. The van der Waals surface area contributed by atoms with E-state index in [9.17, 15) is 4.79 Å². The maximum absolute atomic E-state index is 10.4. The molecule has 0 radical (unpaired) electrons. The quantitative estimate of drug-likeness (QED) is 0.515. The maximum Gasteiger partial charge on any atom is 0.311 e. The molecule has 0 saturated heterocycles. The van der Waals surface area contributed by atoms with Crippen molar-refractivity contribution in [2.45, 2.75) is 32.5 Å². The smallest absolute Gasteiger partial charge is 0.311 e. The van der Waals surface area contributed by atoms with Gasteiger partial charge >= 0.3 is 5.97 Å². The van der Waals surface area contributed by atoms with Gasteiger partial charge < -0.3 is 15.3 Å². The van der Waals surface area contributed by atoms with Crippen LogP contribution in [0.25, 0.3) is 0 Å². The predicted octanol–water partition coefficient (Wildman–Crippen LogP) is 0.188. The Morgan fingerprint density at radius 1 is 1.45 bits per heavy atom. The van der Waals surface area contributed by atoms with Crippen LogP contribution in [0.3, 0.4) is 0 Å². The molecule has 0 aliphatic rings. The fourth-order valence-electron chi connectivity index (χ4n) is 0.946. The highest BCUT2D eigenvalue weighted by Gasteiger charge is 2.36. The summed E-state index contributed by atoms with van der Waals surface area (Å²) >= 11 is 0. The van der Waals surface area contributed by atoms with E-state index in [1.807, 2.05) is 0 Å². The molecular weight excluding hydrogens is 148 g/mol. The molecule has 0 aromatic heterocycles. The van der Waals surface area contributed by atoms with E-state index in [0.29, 0.717) is 0 Å². The molecule has 0 spiro atoms. The minimum absolute atomic E-state index is 0.0256. The van der Waals surface area contributed by atoms with Crippen LogP contribution in [0.15, 0.2) is 0 Å². The third-order valence-corrected chi connectivity index (χ3v) is 1.78. The molecule has 0 aromatic carbocycles. The summed E-state index contributed by atoms with van der Waals surface area (Å²) in [6, 6.07) is 0. The Morgan fingerprint density at radius 3 is 2.00 bits per heavy atom. The second-order valence-electron chi connectivity index (χ2n) is 2.53. The second kappa shape index (κ2) is 3.69. The molecule has 0 aliphatic heterocycles. The summed E-state index contributed by atoms with van der Waals surface area (Å²) in [6.45, 7) is 3.14. The Morgan fingerprint density at radius 2 is 1.91 bits per heavy atom. The monoisotopic (exact) mass is 162 g/mol. The molecule has 3 N–H and O–H groups in total. The molecule has 66 valence electrons. The molecule has 0 aromatic rings. The first kappa shape index (κ1) is 10.4. The van der Waals surface area contributed by atoms with E-state index in [0.717, 1.165) is 0 Å². The minimum Gasteiger partial charge on any atom is -0.481 e. The van der Waals surface area contributed by atoms with Crippen LogP contribution in [-0.4, -0.2) is 27.1 Å². The van der Waals surface area contributed by atoms with Gasteiger partial charge in [-0.1, -0.05) is 13.8 Å². The minimum atomic E-state index is -2.07. The number of hydrogen-bond acceptors (Lipinski definition) is 3. The van der Waals surface area contributed by atoms with Crippen molar-refractivity contribution in [2.24, 2.45) is 5.92 Å². The summed E-state index contributed by atoms with van der Waals surface area (Å²) < 4.78 is 0. The normalized spacial score (nSPS) is 14.5. The van der Waals surface area contributed by atoms with Crippen LogP contribution in [0.2, 0.25) is 0 Å². The van der Waals surface area contributed by atoms with Gasteiger partial charge in [-0.2, -0.15) is 0 Å². The SMILES string of the molecule is CCC(C(=O)O)C(O)(O)CC. The Balaban J connectivity index is 4.36. The Labute approximate surface area is 65.5 Å². The maximum atomic E-state index is 10.4. The van der Waals surface area contributed by atoms with E-state index in [1.54, 1.807) is 6.92 Å². The topological polar surface area (TPSA) is 77.8 Å². The van der Waals surface area contributed by atoms with Gasteiger partial charge in [0.2, 0.25) is 0 Å². The standard InChI is InChI=1S/C7H14O4/c1-3-5(6(8)9)7(10,11)4-2/h5,10-11H,3-4H2,1-2H3,(H,8,9). The molecule has 0 bridgehead atoms. The highest BCUT2D eigenvalue weighted by Crippen LogP contribution is 2.21. The molecule has 1 unspecified atom stereocenters. The van der Waals surface area contributed by atoms with Crippen molar-refractivity contribution in [1.29, 1.82) is 0 Å². The van der Waals surface area contributed by atoms with Gasteiger partial charge in [-0.25, -0.2) is 0 Å². The fourth-order valence-corrected chi connectivity index (χ4v) is 0.946. The molecule has 4 heteroatoms. The van der Waals surface area contributed by atoms with Gasteiger partial charge in [0.15, 0.2) is 5.79 Å². The van der Waals surface area contributed by atoms with Crippen molar-refractivity contribution >= 4 is 5.97 Å². The predicted molar refractivity (Wildman–Crippen MR) is 38.9 cm³/mol. The van der Waals surface area contributed by atoms with Crippen LogP contribution in [-0.2, 0) is 4.79 Å². The largest absolute Gasteiger partial charge is 0.481 e. The van der Waals surface area contributed by atoms with E-state index < -0.39 is 17.7 Å². The van der Waals surface area contributed by atoms with Crippen molar-refractivity contribution in [1.82, 2.24) is 0 Å². The van der Waals surface area contributed by atoms with Gasteiger partial charge in [0, 0.05) is 0 Å². The first-order valence-electron chi connectivity index (χ1n) is 3.63. The summed E-state index contributed by atoms with van der Waals surface area (Å²) in [4.78, 5) is 10.4. The van der Waals surface area contributed by atoms with Crippen molar-refractivity contribution in [3.05, 3.63) is 0 Å². The van der Waals surface area contributed by atoms with Crippen LogP contribution in [0, 0.1) is 5.92 Å². The van der Waals surface area contributed by atoms with Crippen LogP contribution >= 0.6 is 0 Å². The molecule has 0 amide bonds. The summed E-state index contributed by atoms with van der Waals surface area (Å²) in [5.41, 5.74) is 0. The molecule has 0 heterocycles. The zero-order valence-corrected chi connectivity index (χ0v) is 6.74. The van der Waals surface area contributed by atoms with Crippen molar-refractivity contribution in [2.75, 3.05) is 0 Å². The van der Waals surface area contributed by atoms with Gasteiger partial charge in [0.25, 0.3) is 0 Å². The van der Waals surface area contributed by atoms with Gasteiger partial charge in [-0.15, -0.1) is 0 Å². The molecule has 0 aliphatic carbocycles. The molecule has 1 atom stereocenters. The summed E-state index contributed by atoms with van der Waals surface area (Å²) in [5.74, 6) is -4.33. The number of aliphatic hydroxyl groups is 2. The number of hydrogen-bond donors (Lipinski definition) is 3. The van der Waals surface area contributed by atoms with E-state index in [-0.39, 0.29) is 12.8 Å². The first-order chi connectivity index (χ1) is 4.95. The number of aliphatic carboxylic acids is 1. The summed E-state index contributed by atoms with van der Waals surface area (Å²) in [7, 11) is 0. The van der Waals surface area contributed by atoms with Gasteiger partial charge in [0.1, 0.15) is 5.92 Å². The Kier molecular flexibility index (Phi) is 3.48. The van der Waals surface area contributed by atoms with Crippen LogP contribution in [0.1, 0.15) is 26.7 Å². The second-order valence-corrected chi connectivity index (χ2v) is 2.53. The van der Waals surface area contributed by atoms with Gasteiger partial charge in [-0.3, -0.25) is 4.79 Å². The average Bonchev–Trinajstić information content (AvgIpc) is 1.88. The molecule has 4 nitrogen and oxygen atoms in total. The lowest BCUT2D eigenvalue weighted by Gasteiger charge is -2.25. The van der Waals surface area contributed by atoms with Crippen molar-refractivity contribution in [3.8, 4) is 0 Å². The number of rotatable bonds is 4. The zero-order chi connectivity index (χ0) is 9.07. The highest BCUT2D eigenvalue weighted by atomic mass is 16.5. The van der Waals surface area contributed by atoms with Crippen LogP contribution < -0.4 is 0 Å². The molecule has 11 heavy (non-hydrogen) atoms. The van der Waals surface area contributed by atoms with Crippen LogP contribution in [0.5, 0.6) is 0 Å². The number of carboxylic acids is 1. The number of carboxylic acid groups (broad SMARTS) is 1. The Hall–Kier alpha value is -0.610. The average molecular weight is 162 g/mol. The lowest BCUT2D eigenvalue weighted by Crippen LogP contribution is -2.41. The third-order valence-electron chi connectivity index (χ3n) is 1.78. The Bertz CT molecular complexity index is 141. The van der Waals surface area contributed by atoms with Gasteiger partial charge in [-0.05, 0) is 12.8 Å². The lowest BCUT2D eigenvalue weighted by molar-refractivity contribution is -0.211. The van der Waals surface area contributed by atoms with E-state index in [4.69, 9.17) is 15.3 Å². The molecular formula is C7H14O4. The summed E-state index contributed by atoms with van der Waals surface area (Å²) in [5, 5.41) is 26.8. The fraction of sp³-hybridized carbons (Fsp3) is 0.857. The highest BCUT2D eigenvalue weighted by molar-refractivity contribution is 5.71. The molecule has 0 fully saturated rings. The summed E-state index contributed by atoms with van der Waals surface area (Å²) in [6.07, 6.45) is 0.244. The van der Waals surface area contributed by atoms with Crippen LogP contribution in [0.4, 0.5) is 0 Å². The molecule has 0 rings (SSSR count). The van der Waals surface area contributed by atoms with E-state index >= 15 is 0 Å². The van der Waals surface area contributed by atoms with Gasteiger partial charge in [0.05, 0.1) is 0 Å². The van der Waals surface area contributed by atoms with Crippen molar-refractivity contribution in [3.63, 3.8) is 0 Å². The van der Waals surface area contributed by atoms with Crippen molar-refractivity contribution < 1.29 is 20.1 Å². The lowest BCUT2D eigenvalue weighted by atomic mass is 9.94. The molecule has 0 saturated carbocycles. The first-order valence-corrected chi connectivity index (χ1v) is 3.63. The van der Waals surface area contributed by atoms with E-state index in [1.165, 1.54) is 6.92 Å². The van der Waals surface area contributed by atoms with E-state index in [2.05, 4.69) is 0 Å². The third kappa shape index (κ3) is 2.48.